The fourth-order valence-corrected chi connectivity index (χ4v) is 3.76. The number of hydrogen-bond donors (Lipinski definition) is 1. The van der Waals surface area contributed by atoms with Crippen LogP contribution < -0.4 is 9.64 Å². The molecule has 1 aliphatic heterocycles. The summed E-state index contributed by atoms with van der Waals surface area (Å²) in [5.41, 5.74) is 0.0437. The van der Waals surface area contributed by atoms with Gasteiger partial charge in [-0.1, -0.05) is 17.7 Å². The molecule has 0 spiro atoms. The van der Waals surface area contributed by atoms with Crippen LogP contribution in [0.3, 0.4) is 0 Å². The van der Waals surface area contributed by atoms with E-state index in [0.717, 1.165) is 11.0 Å². The number of furan rings is 1. The average molecular weight is 442 g/mol. The smallest absolute Gasteiger partial charge is 0.300 e. The van der Waals surface area contributed by atoms with Gasteiger partial charge in [0, 0.05) is 11.3 Å². The molecule has 158 valence electrons. The molecule has 0 aliphatic carbocycles. The van der Waals surface area contributed by atoms with Crippen LogP contribution >= 0.6 is 11.6 Å². The summed E-state index contributed by atoms with van der Waals surface area (Å²) in [6.45, 7) is 1.71. The third-order valence-electron chi connectivity index (χ3n) is 4.99. The maximum atomic E-state index is 13.9. The molecule has 8 heteroatoms. The van der Waals surface area contributed by atoms with E-state index in [4.69, 9.17) is 20.8 Å². The molecule has 2 heterocycles. The number of halogens is 2. The molecule has 6 nitrogen and oxygen atoms in total. The van der Waals surface area contributed by atoms with Crippen LogP contribution in [0.2, 0.25) is 5.02 Å². The van der Waals surface area contributed by atoms with Crippen LogP contribution in [0.1, 0.15) is 23.1 Å². The van der Waals surface area contributed by atoms with Crippen LogP contribution in [0.25, 0.3) is 5.76 Å². The van der Waals surface area contributed by atoms with E-state index in [1.54, 1.807) is 25.1 Å². The van der Waals surface area contributed by atoms with Gasteiger partial charge in [0.2, 0.25) is 0 Å². The van der Waals surface area contributed by atoms with Crippen molar-refractivity contribution in [3.8, 4) is 5.75 Å². The number of carbonyl (C=O) groups excluding carboxylic acids is 2. The highest BCUT2D eigenvalue weighted by Crippen LogP contribution is 2.43. The second-order valence-corrected chi connectivity index (χ2v) is 7.35. The van der Waals surface area contributed by atoms with Gasteiger partial charge in [0.05, 0.1) is 17.7 Å². The number of benzene rings is 2. The van der Waals surface area contributed by atoms with Crippen LogP contribution in [0, 0.1) is 12.7 Å². The minimum absolute atomic E-state index is 0.117. The highest BCUT2D eigenvalue weighted by molar-refractivity contribution is 6.51. The van der Waals surface area contributed by atoms with Gasteiger partial charge >= 0.3 is 0 Å². The molecule has 1 aliphatic rings. The Morgan fingerprint density at radius 3 is 2.58 bits per heavy atom. The first-order valence-corrected chi connectivity index (χ1v) is 9.66. The molecule has 1 atom stereocenters. The Bertz CT molecular complexity index is 1230. The summed E-state index contributed by atoms with van der Waals surface area (Å²) in [4.78, 5) is 27.1. The van der Waals surface area contributed by atoms with Crippen molar-refractivity contribution in [3.63, 3.8) is 0 Å². The normalized spacial score (nSPS) is 17.9. The van der Waals surface area contributed by atoms with E-state index in [1.165, 1.54) is 37.4 Å². The lowest BCUT2D eigenvalue weighted by molar-refractivity contribution is -0.132. The van der Waals surface area contributed by atoms with Crippen molar-refractivity contribution in [2.24, 2.45) is 0 Å². The monoisotopic (exact) mass is 441 g/mol. The molecule has 1 fully saturated rings. The van der Waals surface area contributed by atoms with E-state index in [9.17, 15) is 19.1 Å². The van der Waals surface area contributed by atoms with Crippen molar-refractivity contribution in [1.82, 2.24) is 0 Å². The van der Waals surface area contributed by atoms with E-state index >= 15 is 0 Å². The topological polar surface area (TPSA) is 80.0 Å². The van der Waals surface area contributed by atoms with Gasteiger partial charge in [-0.05, 0) is 55.5 Å². The number of aliphatic hydroxyl groups is 1. The fraction of sp³-hybridized carbons (Fsp3) is 0.130. The van der Waals surface area contributed by atoms with Gasteiger partial charge in [-0.2, -0.15) is 0 Å². The van der Waals surface area contributed by atoms with Crippen molar-refractivity contribution in [3.05, 3.63) is 88.1 Å². The Kier molecular flexibility index (Phi) is 5.29. The second-order valence-electron chi connectivity index (χ2n) is 6.94. The van der Waals surface area contributed by atoms with Gasteiger partial charge < -0.3 is 14.3 Å². The van der Waals surface area contributed by atoms with Gasteiger partial charge in [0.25, 0.3) is 11.7 Å². The Balaban J connectivity index is 1.97. The van der Waals surface area contributed by atoms with E-state index in [2.05, 4.69) is 0 Å². The van der Waals surface area contributed by atoms with E-state index in [-0.39, 0.29) is 27.6 Å². The number of aryl methyl sites for hydroxylation is 1. The van der Waals surface area contributed by atoms with Crippen molar-refractivity contribution < 1.29 is 28.2 Å². The predicted octanol–water partition coefficient (Wildman–Crippen LogP) is 5.02. The zero-order valence-corrected chi connectivity index (χ0v) is 17.3. The molecule has 31 heavy (non-hydrogen) atoms. The van der Waals surface area contributed by atoms with Gasteiger partial charge in [-0.3, -0.25) is 14.5 Å². The number of methoxy groups -OCH3 is 1. The molecule has 1 aromatic heterocycles. The number of carbonyl (C=O) groups is 2. The fourth-order valence-electron chi connectivity index (χ4n) is 3.55. The molecular formula is C23H17ClFNO5. The number of rotatable bonds is 4. The maximum absolute atomic E-state index is 13.9. The maximum Gasteiger partial charge on any atom is 0.300 e. The van der Waals surface area contributed by atoms with Gasteiger partial charge in [-0.25, -0.2) is 4.39 Å². The Hall–Kier alpha value is -3.58. The molecule has 1 N–H and O–H groups in total. The summed E-state index contributed by atoms with van der Waals surface area (Å²) in [6.07, 6.45) is 0. The minimum Gasteiger partial charge on any atom is -0.507 e. The van der Waals surface area contributed by atoms with Crippen LogP contribution in [-0.2, 0) is 9.59 Å². The quantitative estimate of drug-likeness (QED) is 0.349. The summed E-state index contributed by atoms with van der Waals surface area (Å²) in [6, 6.07) is 12.0. The van der Waals surface area contributed by atoms with Crippen molar-refractivity contribution in [2.75, 3.05) is 12.0 Å². The first-order valence-electron chi connectivity index (χ1n) is 9.28. The Morgan fingerprint density at radius 1 is 1.16 bits per heavy atom. The molecule has 2 aromatic carbocycles. The molecule has 0 saturated carbocycles. The number of Topliss-reactive ketones (excluding diaryl/α,β-unsaturated/α-hetero) is 1. The van der Waals surface area contributed by atoms with Gasteiger partial charge in [0.15, 0.2) is 0 Å². The number of nitrogens with zero attached hydrogens (tertiary/aromatic N) is 1. The molecule has 1 amide bonds. The van der Waals surface area contributed by atoms with Gasteiger partial charge in [-0.15, -0.1) is 0 Å². The second kappa shape index (κ2) is 7.92. The summed E-state index contributed by atoms with van der Waals surface area (Å²) >= 11 is 6.25. The number of anilines is 1. The summed E-state index contributed by atoms with van der Waals surface area (Å²) in [7, 11) is 1.45. The third kappa shape index (κ3) is 3.57. The molecule has 1 saturated heterocycles. The highest BCUT2D eigenvalue weighted by Gasteiger charge is 2.48. The molecule has 0 radical (unpaired) electrons. The zero-order valence-electron chi connectivity index (χ0n) is 16.6. The molecule has 3 aromatic rings. The number of ether oxygens (including phenoxy) is 1. The van der Waals surface area contributed by atoms with E-state index in [1.807, 2.05) is 0 Å². The standard InChI is InChI=1S/C23H17ClFNO5/c1-12-6-9-18(31-12)20-19(21(27)16-11-15(30-2)7-8-17(16)24)22(28)23(29)26(20)14-5-3-4-13(25)10-14/h3-11,20,27H,1-2H3/b21-19-. The number of aliphatic hydroxyl groups excluding tert-OH is 1. The number of ketones is 1. The number of amides is 1. The summed E-state index contributed by atoms with van der Waals surface area (Å²) in [5, 5.41) is 11.2. The van der Waals surface area contributed by atoms with Crippen molar-refractivity contribution in [2.45, 2.75) is 13.0 Å². The molecule has 1 unspecified atom stereocenters. The predicted molar refractivity (Wildman–Crippen MR) is 113 cm³/mol. The SMILES string of the molecule is COc1ccc(Cl)c(/C(O)=C2/C(=O)C(=O)N(c3cccc(F)c3)C2c2ccc(C)o2)c1. The van der Waals surface area contributed by atoms with Gasteiger partial charge in [0.1, 0.15) is 34.9 Å². The lowest BCUT2D eigenvalue weighted by atomic mass is 9.99. The number of hydrogen-bond acceptors (Lipinski definition) is 5. The Morgan fingerprint density at radius 2 is 1.94 bits per heavy atom. The summed E-state index contributed by atoms with van der Waals surface area (Å²) in [5.74, 6) is -1.76. The molecular weight excluding hydrogens is 425 g/mol. The zero-order chi connectivity index (χ0) is 22.3. The first kappa shape index (κ1) is 20.7. The Labute approximate surface area is 182 Å². The van der Waals surface area contributed by atoms with Crippen LogP contribution in [-0.4, -0.2) is 23.9 Å². The summed E-state index contributed by atoms with van der Waals surface area (Å²) < 4.78 is 24.8. The van der Waals surface area contributed by atoms with Crippen LogP contribution in [0.15, 0.2) is 64.6 Å². The lowest BCUT2D eigenvalue weighted by Crippen LogP contribution is -2.29. The average Bonchev–Trinajstić information content (AvgIpc) is 3.29. The van der Waals surface area contributed by atoms with Crippen LogP contribution in [0.5, 0.6) is 5.75 Å². The molecule has 4 rings (SSSR count). The third-order valence-corrected chi connectivity index (χ3v) is 5.32. The van der Waals surface area contributed by atoms with E-state index in [0.29, 0.717) is 11.5 Å². The minimum atomic E-state index is -1.11. The van der Waals surface area contributed by atoms with Crippen molar-refractivity contribution >= 4 is 34.7 Å². The molecule has 0 bridgehead atoms. The lowest BCUT2D eigenvalue weighted by Gasteiger charge is -2.23. The highest BCUT2D eigenvalue weighted by atomic mass is 35.5. The van der Waals surface area contributed by atoms with Crippen molar-refractivity contribution in [1.29, 1.82) is 0 Å². The van der Waals surface area contributed by atoms with Crippen LogP contribution in [0.4, 0.5) is 10.1 Å². The van der Waals surface area contributed by atoms with E-state index < -0.39 is 29.3 Å². The first-order chi connectivity index (χ1) is 14.8. The largest absolute Gasteiger partial charge is 0.507 e.